The van der Waals surface area contributed by atoms with Gasteiger partial charge in [0, 0.05) is 55.9 Å². The fourth-order valence-corrected chi connectivity index (χ4v) is 5.51. The molecule has 4 heterocycles. The Hall–Kier alpha value is -4.78. The van der Waals surface area contributed by atoms with Crippen LogP contribution in [0.25, 0.3) is 20.8 Å². The Kier molecular flexibility index (Phi) is 7.57. The van der Waals surface area contributed by atoms with Crippen LogP contribution in [0.1, 0.15) is 30.1 Å². The lowest BCUT2D eigenvalue weighted by molar-refractivity contribution is 0.0577. The van der Waals surface area contributed by atoms with Crippen LogP contribution in [0.4, 0.5) is 19.7 Å². The summed E-state index contributed by atoms with van der Waals surface area (Å²) in [6.07, 6.45) is 5.04. The van der Waals surface area contributed by atoms with Gasteiger partial charge < -0.3 is 30.9 Å². The van der Waals surface area contributed by atoms with Gasteiger partial charge in [-0.05, 0) is 50.1 Å². The van der Waals surface area contributed by atoms with Crippen molar-refractivity contribution in [2.45, 2.75) is 31.8 Å². The number of thiophene rings is 1. The number of pyridine rings is 2. The minimum atomic E-state index is -0.614. The van der Waals surface area contributed by atoms with Crippen LogP contribution in [0, 0.1) is 5.82 Å². The quantitative estimate of drug-likeness (QED) is 0.235. The molecule has 0 bridgehead atoms. The summed E-state index contributed by atoms with van der Waals surface area (Å²) in [6, 6.07) is 10.8. The van der Waals surface area contributed by atoms with Crippen molar-refractivity contribution in [2.75, 3.05) is 25.0 Å². The highest BCUT2D eigenvalue weighted by molar-refractivity contribution is 7.22. The maximum atomic E-state index is 14.9. The second-order valence-electron chi connectivity index (χ2n) is 10.1. The fraction of sp³-hybridized carbons (Fsp3) is 0.276. The van der Waals surface area contributed by atoms with Crippen LogP contribution < -0.4 is 26.0 Å². The number of ether oxygens (including phenoxy) is 1. The van der Waals surface area contributed by atoms with Crippen molar-refractivity contribution >= 4 is 45.2 Å². The van der Waals surface area contributed by atoms with Crippen LogP contribution in [-0.4, -0.2) is 64.6 Å². The molecule has 2 aliphatic rings. The highest BCUT2D eigenvalue weighted by Crippen LogP contribution is 2.39. The minimum absolute atomic E-state index is 0.0148. The number of benzene rings is 1. The third-order valence-electron chi connectivity index (χ3n) is 6.80. The molecule has 0 spiro atoms. The summed E-state index contributed by atoms with van der Waals surface area (Å²) in [5.41, 5.74) is 2.10. The van der Waals surface area contributed by atoms with E-state index in [2.05, 4.69) is 31.2 Å². The van der Waals surface area contributed by atoms with Crippen molar-refractivity contribution in [3.63, 3.8) is 0 Å². The zero-order valence-corrected chi connectivity index (χ0v) is 23.5. The molecule has 4 N–H and O–H groups in total. The van der Waals surface area contributed by atoms with E-state index in [0.717, 1.165) is 17.7 Å². The number of anilines is 1. The number of halogens is 1. The lowest BCUT2D eigenvalue weighted by Gasteiger charge is -2.39. The third kappa shape index (κ3) is 6.10. The molecule has 0 radical (unpaired) electrons. The van der Waals surface area contributed by atoms with Gasteiger partial charge in [-0.25, -0.2) is 14.0 Å². The predicted octanol–water partition coefficient (Wildman–Crippen LogP) is 4.72. The standard InChI is InChI=1S/C29H28FN7O4S/c1-2-31-28(39)36-19-14-37(15-19)27(38)16-3-7-21(33-13-16)25-12-22-26(42-25)24(9-10-32-22)41-23-8-6-18(11-20(23)30)35-29(40)34-17-4-5-17/h3,6-13,17,19H,2,4-5,14-15H2,1H3,(H2,31,36,39)(H2,34,35,40). The topological polar surface area (TPSA) is 138 Å². The number of likely N-dealkylation sites (tertiary alicyclic amines) is 1. The number of nitrogens with one attached hydrogen (secondary N) is 4. The molecule has 2 fully saturated rings. The highest BCUT2D eigenvalue weighted by atomic mass is 32.1. The molecule has 5 amide bonds. The second kappa shape index (κ2) is 11.6. The number of nitrogens with zero attached hydrogens (tertiary/aromatic N) is 3. The average molecular weight is 590 g/mol. The first-order valence-electron chi connectivity index (χ1n) is 13.6. The number of fused-ring (bicyclic) bond motifs is 1. The number of carbonyl (C=O) groups is 3. The van der Waals surface area contributed by atoms with Crippen molar-refractivity contribution < 1.29 is 23.5 Å². The lowest BCUT2D eigenvalue weighted by atomic mass is 10.1. The van der Waals surface area contributed by atoms with Crippen molar-refractivity contribution in [1.29, 1.82) is 0 Å². The largest absolute Gasteiger partial charge is 0.453 e. The molecule has 0 atom stereocenters. The summed E-state index contributed by atoms with van der Waals surface area (Å²) >= 11 is 1.39. The van der Waals surface area contributed by atoms with Gasteiger partial charge in [-0.2, -0.15) is 0 Å². The van der Waals surface area contributed by atoms with Crippen molar-refractivity contribution in [2.24, 2.45) is 0 Å². The number of aromatic nitrogens is 2. The van der Waals surface area contributed by atoms with Gasteiger partial charge in [-0.1, -0.05) is 0 Å². The van der Waals surface area contributed by atoms with E-state index in [9.17, 15) is 18.8 Å². The Morgan fingerprint density at radius 3 is 2.52 bits per heavy atom. The number of urea groups is 2. The zero-order chi connectivity index (χ0) is 29.2. The average Bonchev–Trinajstić information content (AvgIpc) is 3.65. The fourth-order valence-electron chi connectivity index (χ4n) is 4.46. The Morgan fingerprint density at radius 1 is 1.00 bits per heavy atom. The number of amides is 5. The molecule has 4 aromatic rings. The second-order valence-corrected chi connectivity index (χ2v) is 11.1. The zero-order valence-electron chi connectivity index (χ0n) is 22.6. The van der Waals surface area contributed by atoms with Crippen LogP contribution >= 0.6 is 11.3 Å². The monoisotopic (exact) mass is 589 g/mol. The van der Waals surface area contributed by atoms with E-state index in [1.165, 1.54) is 29.7 Å². The summed E-state index contributed by atoms with van der Waals surface area (Å²) in [6.45, 7) is 3.26. The Morgan fingerprint density at radius 2 is 1.81 bits per heavy atom. The first kappa shape index (κ1) is 27.4. The van der Waals surface area contributed by atoms with E-state index in [-0.39, 0.29) is 35.8 Å². The summed E-state index contributed by atoms with van der Waals surface area (Å²) in [7, 11) is 0. The van der Waals surface area contributed by atoms with Crippen molar-refractivity contribution in [1.82, 2.24) is 30.8 Å². The normalized spacial score (nSPS) is 14.7. The van der Waals surface area contributed by atoms with Gasteiger partial charge in [0.15, 0.2) is 11.6 Å². The molecule has 1 aliphatic carbocycles. The van der Waals surface area contributed by atoms with Crippen LogP contribution in [0.5, 0.6) is 11.5 Å². The molecule has 11 nitrogen and oxygen atoms in total. The highest BCUT2D eigenvalue weighted by Gasteiger charge is 2.32. The smallest absolute Gasteiger partial charge is 0.319 e. The first-order chi connectivity index (χ1) is 20.4. The number of hydrogen-bond donors (Lipinski definition) is 4. The van der Waals surface area contributed by atoms with Crippen LogP contribution in [0.3, 0.4) is 0 Å². The van der Waals surface area contributed by atoms with Crippen LogP contribution in [-0.2, 0) is 0 Å². The Balaban J connectivity index is 1.11. The maximum absolute atomic E-state index is 14.9. The third-order valence-corrected chi connectivity index (χ3v) is 7.96. The SMILES string of the molecule is CCNC(=O)NC1CN(C(=O)c2ccc(-c3cc4nccc(Oc5ccc(NC(=O)NC6CC6)cc5F)c4s3)nc2)C1. The summed E-state index contributed by atoms with van der Waals surface area (Å²) < 4.78 is 21.5. The van der Waals surface area contributed by atoms with E-state index in [0.29, 0.717) is 52.5 Å². The molecule has 216 valence electrons. The molecule has 1 saturated heterocycles. The van der Waals surface area contributed by atoms with E-state index in [1.807, 2.05) is 13.0 Å². The van der Waals surface area contributed by atoms with E-state index < -0.39 is 5.82 Å². The molecular formula is C29H28FN7O4S. The molecule has 0 unspecified atom stereocenters. The Bertz CT molecular complexity index is 1650. The van der Waals surface area contributed by atoms with Crippen molar-refractivity contribution in [3.8, 4) is 22.1 Å². The summed E-state index contributed by atoms with van der Waals surface area (Å²) in [5.74, 6) is -0.316. The number of hydrogen-bond acceptors (Lipinski definition) is 7. The molecule has 42 heavy (non-hydrogen) atoms. The van der Waals surface area contributed by atoms with Crippen LogP contribution in [0.15, 0.2) is 54.9 Å². The lowest BCUT2D eigenvalue weighted by Crippen LogP contribution is -2.62. The molecule has 13 heteroatoms. The van der Waals surface area contributed by atoms with Crippen LogP contribution in [0.2, 0.25) is 0 Å². The molecule has 3 aromatic heterocycles. The predicted molar refractivity (Wildman–Crippen MR) is 156 cm³/mol. The minimum Gasteiger partial charge on any atom is -0.453 e. The number of rotatable bonds is 8. The summed E-state index contributed by atoms with van der Waals surface area (Å²) in [5, 5.41) is 10.9. The van der Waals surface area contributed by atoms with Gasteiger partial charge in [0.2, 0.25) is 0 Å². The maximum Gasteiger partial charge on any atom is 0.319 e. The van der Waals surface area contributed by atoms with Gasteiger partial charge in [0.05, 0.1) is 32.4 Å². The van der Waals surface area contributed by atoms with E-state index in [1.54, 1.807) is 35.4 Å². The van der Waals surface area contributed by atoms with Gasteiger partial charge >= 0.3 is 12.1 Å². The molecule has 6 rings (SSSR count). The van der Waals surface area contributed by atoms with Gasteiger partial charge in [0.25, 0.3) is 5.91 Å². The van der Waals surface area contributed by atoms with E-state index in [4.69, 9.17) is 4.74 Å². The van der Waals surface area contributed by atoms with Gasteiger partial charge in [-0.15, -0.1) is 11.3 Å². The molecule has 1 saturated carbocycles. The van der Waals surface area contributed by atoms with E-state index >= 15 is 0 Å². The van der Waals surface area contributed by atoms with Crippen molar-refractivity contribution in [3.05, 3.63) is 66.2 Å². The summed E-state index contributed by atoms with van der Waals surface area (Å²) in [4.78, 5) is 47.8. The Labute approximate surface area is 244 Å². The van der Waals surface area contributed by atoms with Gasteiger partial charge in [0.1, 0.15) is 5.75 Å². The molecule has 1 aliphatic heterocycles. The molecule has 1 aromatic carbocycles. The number of carbonyl (C=O) groups excluding carboxylic acids is 3. The van der Waals surface area contributed by atoms with Gasteiger partial charge in [-0.3, -0.25) is 14.8 Å². The first-order valence-corrected chi connectivity index (χ1v) is 14.4. The molecular weight excluding hydrogens is 561 g/mol.